The first-order chi connectivity index (χ1) is 9.03. The number of nitrogens with one attached hydrogen (secondary N) is 1. The molecule has 0 saturated heterocycles. The van der Waals surface area contributed by atoms with E-state index in [2.05, 4.69) is 38.1 Å². The lowest BCUT2D eigenvalue weighted by Crippen LogP contribution is -2.44. The Kier molecular flexibility index (Phi) is 6.30. The van der Waals surface area contributed by atoms with E-state index in [4.69, 9.17) is 16.3 Å². The quantitative estimate of drug-likeness (QED) is 0.796. The summed E-state index contributed by atoms with van der Waals surface area (Å²) in [6, 6.07) is 0.0393. The molecule has 0 amide bonds. The standard InChI is InChI=1S/C14H26ClN3O/c1-6-14(5,19-9-4)13(16-7-2)12-11(15)10-17-18(12)8-3/h10,13,16H,6-9H2,1-5H3. The first-order valence-electron chi connectivity index (χ1n) is 7.12. The van der Waals surface area contributed by atoms with E-state index in [1.807, 2.05) is 11.6 Å². The van der Waals surface area contributed by atoms with Crippen molar-refractivity contribution < 1.29 is 4.74 Å². The molecule has 1 N–H and O–H groups in total. The Labute approximate surface area is 121 Å². The molecule has 2 unspecified atom stereocenters. The van der Waals surface area contributed by atoms with Crippen LogP contribution < -0.4 is 5.32 Å². The molecule has 110 valence electrons. The number of aryl methyl sites for hydroxylation is 1. The van der Waals surface area contributed by atoms with Crippen LogP contribution in [0.25, 0.3) is 0 Å². The third kappa shape index (κ3) is 3.50. The number of rotatable bonds is 8. The second-order valence-electron chi connectivity index (χ2n) is 4.78. The Morgan fingerprint density at radius 3 is 2.58 bits per heavy atom. The number of hydrogen-bond donors (Lipinski definition) is 1. The minimum absolute atomic E-state index is 0.0393. The maximum atomic E-state index is 6.34. The smallest absolute Gasteiger partial charge is 0.0861 e. The molecule has 0 aliphatic heterocycles. The van der Waals surface area contributed by atoms with Gasteiger partial charge in [0.1, 0.15) is 0 Å². The van der Waals surface area contributed by atoms with Crippen LogP contribution in [0, 0.1) is 0 Å². The Balaban J connectivity index is 3.21. The minimum Gasteiger partial charge on any atom is -0.374 e. The van der Waals surface area contributed by atoms with Crippen molar-refractivity contribution in [2.24, 2.45) is 0 Å². The van der Waals surface area contributed by atoms with Gasteiger partial charge in [-0.1, -0.05) is 25.4 Å². The van der Waals surface area contributed by atoms with Gasteiger partial charge in [0.15, 0.2) is 0 Å². The average molecular weight is 288 g/mol. The lowest BCUT2D eigenvalue weighted by Gasteiger charge is -2.37. The second kappa shape index (κ2) is 7.27. The molecule has 4 nitrogen and oxygen atoms in total. The molecule has 2 atom stereocenters. The summed E-state index contributed by atoms with van der Waals surface area (Å²) >= 11 is 6.34. The van der Waals surface area contributed by atoms with Crippen molar-refractivity contribution in [3.63, 3.8) is 0 Å². The number of aromatic nitrogens is 2. The van der Waals surface area contributed by atoms with E-state index in [1.165, 1.54) is 0 Å². The third-order valence-electron chi connectivity index (χ3n) is 3.60. The van der Waals surface area contributed by atoms with Crippen molar-refractivity contribution in [2.75, 3.05) is 13.2 Å². The molecule has 19 heavy (non-hydrogen) atoms. The van der Waals surface area contributed by atoms with Crippen molar-refractivity contribution in [1.29, 1.82) is 0 Å². The summed E-state index contributed by atoms with van der Waals surface area (Å²) in [5, 5.41) is 8.54. The predicted molar refractivity (Wildman–Crippen MR) is 79.7 cm³/mol. The van der Waals surface area contributed by atoms with E-state index in [9.17, 15) is 0 Å². The Hall–Kier alpha value is -0.580. The number of ether oxygens (including phenoxy) is 1. The molecule has 0 saturated carbocycles. The maximum Gasteiger partial charge on any atom is 0.0861 e. The van der Waals surface area contributed by atoms with E-state index in [1.54, 1.807) is 6.20 Å². The van der Waals surface area contributed by atoms with E-state index in [0.717, 1.165) is 25.2 Å². The summed E-state index contributed by atoms with van der Waals surface area (Å²) in [4.78, 5) is 0. The lowest BCUT2D eigenvalue weighted by atomic mass is 9.90. The van der Waals surface area contributed by atoms with E-state index >= 15 is 0 Å². The number of nitrogens with zero attached hydrogens (tertiary/aromatic N) is 2. The van der Waals surface area contributed by atoms with Gasteiger partial charge in [-0.25, -0.2) is 0 Å². The van der Waals surface area contributed by atoms with Gasteiger partial charge in [-0.05, 0) is 33.7 Å². The fourth-order valence-electron chi connectivity index (χ4n) is 2.44. The summed E-state index contributed by atoms with van der Waals surface area (Å²) in [5.41, 5.74) is 0.727. The molecule has 0 radical (unpaired) electrons. The fourth-order valence-corrected chi connectivity index (χ4v) is 2.69. The molecule has 1 aromatic heterocycles. The van der Waals surface area contributed by atoms with Crippen molar-refractivity contribution in [2.45, 2.75) is 59.2 Å². The highest BCUT2D eigenvalue weighted by molar-refractivity contribution is 6.31. The van der Waals surface area contributed by atoms with Gasteiger partial charge in [0, 0.05) is 13.2 Å². The normalized spacial score (nSPS) is 16.3. The summed E-state index contributed by atoms with van der Waals surface area (Å²) in [5.74, 6) is 0. The van der Waals surface area contributed by atoms with Gasteiger partial charge in [0.25, 0.3) is 0 Å². The first kappa shape index (κ1) is 16.5. The molecule has 0 spiro atoms. The molecule has 1 aromatic rings. The fraction of sp³-hybridized carbons (Fsp3) is 0.786. The molecular formula is C14H26ClN3O. The van der Waals surface area contributed by atoms with E-state index in [0.29, 0.717) is 11.6 Å². The van der Waals surface area contributed by atoms with Crippen LogP contribution in [0.2, 0.25) is 5.02 Å². The monoisotopic (exact) mass is 287 g/mol. The minimum atomic E-state index is -0.290. The van der Waals surface area contributed by atoms with Gasteiger partial charge >= 0.3 is 0 Å². The number of likely N-dealkylation sites (N-methyl/N-ethyl adjacent to an activating group) is 1. The Bertz CT molecular complexity index is 394. The van der Waals surface area contributed by atoms with E-state index < -0.39 is 0 Å². The zero-order valence-electron chi connectivity index (χ0n) is 12.7. The zero-order valence-corrected chi connectivity index (χ0v) is 13.4. The van der Waals surface area contributed by atoms with Crippen molar-refractivity contribution in [3.05, 3.63) is 16.9 Å². The van der Waals surface area contributed by atoms with Gasteiger partial charge in [0.2, 0.25) is 0 Å². The molecule has 0 fully saturated rings. The highest BCUT2D eigenvalue weighted by Crippen LogP contribution is 2.35. The van der Waals surface area contributed by atoms with Crippen molar-refractivity contribution >= 4 is 11.6 Å². The molecule has 1 heterocycles. The SMILES string of the molecule is CCNC(c1c(Cl)cnn1CC)C(C)(CC)OCC. The molecule has 0 aromatic carbocycles. The summed E-state index contributed by atoms with van der Waals surface area (Å²) in [7, 11) is 0. The molecule has 5 heteroatoms. The summed E-state index contributed by atoms with van der Waals surface area (Å²) in [6.07, 6.45) is 2.62. The molecular weight excluding hydrogens is 262 g/mol. The van der Waals surface area contributed by atoms with Gasteiger partial charge in [-0.3, -0.25) is 4.68 Å². The van der Waals surface area contributed by atoms with Crippen LogP contribution in [-0.4, -0.2) is 28.5 Å². The highest BCUT2D eigenvalue weighted by atomic mass is 35.5. The Morgan fingerprint density at radius 2 is 2.11 bits per heavy atom. The molecule has 0 aliphatic carbocycles. The van der Waals surface area contributed by atoms with Crippen LogP contribution in [0.3, 0.4) is 0 Å². The summed E-state index contributed by atoms with van der Waals surface area (Å²) in [6.45, 7) is 12.8. The zero-order chi connectivity index (χ0) is 14.5. The van der Waals surface area contributed by atoms with Gasteiger partial charge in [-0.15, -0.1) is 0 Å². The van der Waals surface area contributed by atoms with Crippen LogP contribution in [0.1, 0.15) is 52.8 Å². The van der Waals surface area contributed by atoms with Crippen LogP contribution in [0.5, 0.6) is 0 Å². The molecule has 1 rings (SSSR count). The number of halogens is 1. The van der Waals surface area contributed by atoms with Gasteiger partial charge in [-0.2, -0.15) is 5.10 Å². The molecule has 0 bridgehead atoms. The average Bonchev–Trinajstić information content (AvgIpc) is 2.77. The molecule has 0 aliphatic rings. The van der Waals surface area contributed by atoms with Gasteiger partial charge in [0.05, 0.1) is 28.6 Å². The third-order valence-corrected chi connectivity index (χ3v) is 3.89. The van der Waals surface area contributed by atoms with Gasteiger partial charge < -0.3 is 10.1 Å². The number of hydrogen-bond acceptors (Lipinski definition) is 3. The highest BCUT2D eigenvalue weighted by Gasteiger charge is 2.37. The lowest BCUT2D eigenvalue weighted by molar-refractivity contribution is -0.0578. The Morgan fingerprint density at radius 1 is 1.42 bits per heavy atom. The van der Waals surface area contributed by atoms with Crippen LogP contribution in [0.15, 0.2) is 6.20 Å². The van der Waals surface area contributed by atoms with Crippen LogP contribution >= 0.6 is 11.6 Å². The van der Waals surface area contributed by atoms with E-state index in [-0.39, 0.29) is 11.6 Å². The maximum absolute atomic E-state index is 6.34. The van der Waals surface area contributed by atoms with Crippen molar-refractivity contribution in [3.8, 4) is 0 Å². The summed E-state index contributed by atoms with van der Waals surface area (Å²) < 4.78 is 7.96. The second-order valence-corrected chi connectivity index (χ2v) is 5.19. The van der Waals surface area contributed by atoms with Crippen molar-refractivity contribution in [1.82, 2.24) is 15.1 Å². The largest absolute Gasteiger partial charge is 0.374 e. The first-order valence-corrected chi connectivity index (χ1v) is 7.50. The topological polar surface area (TPSA) is 39.1 Å². The predicted octanol–water partition coefficient (Wildman–Crippen LogP) is 3.41. The van der Waals surface area contributed by atoms with Crippen LogP contribution in [-0.2, 0) is 11.3 Å². The van der Waals surface area contributed by atoms with Crippen LogP contribution in [0.4, 0.5) is 0 Å².